The largest absolute Gasteiger partial charge is 0.405 e. The quantitative estimate of drug-likeness (QED) is 0.869. The van der Waals surface area contributed by atoms with Crippen molar-refractivity contribution in [3.63, 3.8) is 0 Å². The fraction of sp³-hybridized carbons (Fsp3) is 0.545. The predicted molar refractivity (Wildman–Crippen MR) is 58.7 cm³/mol. The van der Waals surface area contributed by atoms with Crippen molar-refractivity contribution in [3.05, 3.63) is 23.9 Å². The highest BCUT2D eigenvalue weighted by molar-refractivity contribution is 5.39. The van der Waals surface area contributed by atoms with Gasteiger partial charge in [-0.3, -0.25) is 0 Å². The molecular weight excluding hydrogens is 233 g/mol. The summed E-state index contributed by atoms with van der Waals surface area (Å²) in [6.45, 7) is 0.934. The van der Waals surface area contributed by atoms with Gasteiger partial charge in [-0.25, -0.2) is 4.98 Å². The van der Waals surface area contributed by atoms with E-state index in [1.165, 1.54) is 17.2 Å². The molecule has 0 fully saturated rings. The summed E-state index contributed by atoms with van der Waals surface area (Å²) in [6.07, 6.45) is -2.25. The molecular formula is C11H15F3N2O. The maximum Gasteiger partial charge on any atom is 0.405 e. The number of hydrogen-bond acceptors (Lipinski definition) is 3. The van der Waals surface area contributed by atoms with Crippen LogP contribution in [0.25, 0.3) is 0 Å². The van der Waals surface area contributed by atoms with Crippen molar-refractivity contribution in [2.75, 3.05) is 18.0 Å². The van der Waals surface area contributed by atoms with E-state index in [-0.39, 0.29) is 12.4 Å². The molecule has 17 heavy (non-hydrogen) atoms. The highest BCUT2D eigenvalue weighted by Crippen LogP contribution is 2.21. The molecule has 0 amide bonds. The summed E-state index contributed by atoms with van der Waals surface area (Å²) < 4.78 is 37.1. The Balaban J connectivity index is 2.81. The van der Waals surface area contributed by atoms with E-state index < -0.39 is 12.7 Å². The van der Waals surface area contributed by atoms with E-state index in [4.69, 9.17) is 5.11 Å². The minimum Gasteiger partial charge on any atom is -0.392 e. The molecule has 0 spiro atoms. The first-order valence-corrected chi connectivity index (χ1v) is 5.33. The van der Waals surface area contributed by atoms with Crippen LogP contribution in [0, 0.1) is 0 Å². The Bertz CT molecular complexity index is 338. The third-order valence-corrected chi connectivity index (χ3v) is 2.18. The van der Waals surface area contributed by atoms with Gasteiger partial charge in [0.1, 0.15) is 12.4 Å². The van der Waals surface area contributed by atoms with Gasteiger partial charge in [0.25, 0.3) is 0 Å². The van der Waals surface area contributed by atoms with Crippen molar-refractivity contribution >= 4 is 5.82 Å². The zero-order valence-electron chi connectivity index (χ0n) is 9.54. The molecule has 0 aromatic carbocycles. The van der Waals surface area contributed by atoms with Crippen molar-refractivity contribution < 1.29 is 18.3 Å². The number of aromatic nitrogens is 1. The van der Waals surface area contributed by atoms with E-state index in [2.05, 4.69) is 4.98 Å². The van der Waals surface area contributed by atoms with E-state index in [9.17, 15) is 13.2 Å². The normalized spacial score (nSPS) is 11.6. The number of aliphatic hydroxyl groups is 1. The number of rotatable bonds is 5. The van der Waals surface area contributed by atoms with Gasteiger partial charge >= 0.3 is 6.18 Å². The Kier molecular flexibility index (Phi) is 4.74. The minimum absolute atomic E-state index is 0.166. The lowest BCUT2D eigenvalue weighted by molar-refractivity contribution is -0.119. The Morgan fingerprint density at radius 3 is 2.47 bits per heavy atom. The summed E-state index contributed by atoms with van der Waals surface area (Å²) in [4.78, 5) is 5.10. The second-order valence-electron chi connectivity index (χ2n) is 3.72. The summed E-state index contributed by atoms with van der Waals surface area (Å²) in [7, 11) is 0. The van der Waals surface area contributed by atoms with Crippen molar-refractivity contribution in [1.29, 1.82) is 0 Å². The molecule has 1 N–H and O–H groups in total. The Hall–Kier alpha value is -1.30. The van der Waals surface area contributed by atoms with Crippen LogP contribution in [0.4, 0.5) is 19.0 Å². The van der Waals surface area contributed by atoms with Gasteiger partial charge in [0.2, 0.25) is 0 Å². The van der Waals surface area contributed by atoms with Gasteiger partial charge in [0, 0.05) is 12.7 Å². The van der Waals surface area contributed by atoms with Crippen LogP contribution in [-0.2, 0) is 6.61 Å². The van der Waals surface area contributed by atoms with Gasteiger partial charge in [-0.15, -0.1) is 0 Å². The molecule has 0 unspecified atom stereocenters. The van der Waals surface area contributed by atoms with E-state index >= 15 is 0 Å². The monoisotopic (exact) mass is 248 g/mol. The standard InChI is InChI=1S/C11H15F3N2O/c1-2-5-16(8-11(12,13)14)10-4-3-9(7-17)6-15-10/h3-4,6,17H,2,5,7-8H2,1H3. The molecule has 6 heteroatoms. The molecule has 3 nitrogen and oxygen atoms in total. The molecule has 0 aliphatic carbocycles. The molecule has 1 aromatic heterocycles. The van der Waals surface area contributed by atoms with E-state index in [0.29, 0.717) is 18.5 Å². The fourth-order valence-electron chi connectivity index (χ4n) is 1.46. The van der Waals surface area contributed by atoms with Crippen LogP contribution in [-0.4, -0.2) is 29.4 Å². The summed E-state index contributed by atoms with van der Waals surface area (Å²) in [6, 6.07) is 3.06. The number of anilines is 1. The Morgan fingerprint density at radius 2 is 2.06 bits per heavy atom. The smallest absolute Gasteiger partial charge is 0.392 e. The molecule has 0 radical (unpaired) electrons. The first-order valence-electron chi connectivity index (χ1n) is 5.33. The second-order valence-corrected chi connectivity index (χ2v) is 3.72. The molecule has 1 heterocycles. The minimum atomic E-state index is -4.24. The van der Waals surface area contributed by atoms with Crippen LogP contribution < -0.4 is 4.90 Å². The number of halogens is 3. The lowest BCUT2D eigenvalue weighted by Gasteiger charge is -2.24. The van der Waals surface area contributed by atoms with Crippen LogP contribution in [0.15, 0.2) is 18.3 Å². The third kappa shape index (κ3) is 4.60. The van der Waals surface area contributed by atoms with E-state index in [0.717, 1.165) is 0 Å². The van der Waals surface area contributed by atoms with Gasteiger partial charge in [-0.1, -0.05) is 13.0 Å². The van der Waals surface area contributed by atoms with Crippen LogP contribution in [0.1, 0.15) is 18.9 Å². The number of alkyl halides is 3. The molecule has 0 bridgehead atoms. The first kappa shape index (κ1) is 13.8. The van der Waals surface area contributed by atoms with E-state index in [1.807, 2.05) is 6.92 Å². The molecule has 1 aromatic rings. The highest BCUT2D eigenvalue weighted by Gasteiger charge is 2.30. The van der Waals surface area contributed by atoms with Gasteiger partial charge in [0.15, 0.2) is 0 Å². The average molecular weight is 248 g/mol. The summed E-state index contributed by atoms with van der Waals surface area (Å²) in [5.74, 6) is 0.279. The molecule has 0 saturated carbocycles. The topological polar surface area (TPSA) is 36.4 Å². The summed E-state index contributed by atoms with van der Waals surface area (Å²) >= 11 is 0. The number of aliphatic hydroxyl groups excluding tert-OH is 1. The fourth-order valence-corrected chi connectivity index (χ4v) is 1.46. The SMILES string of the molecule is CCCN(CC(F)(F)F)c1ccc(CO)cn1. The number of pyridine rings is 1. The molecule has 96 valence electrons. The van der Waals surface area contributed by atoms with E-state index in [1.54, 1.807) is 6.07 Å². The van der Waals surface area contributed by atoms with Gasteiger partial charge in [0.05, 0.1) is 6.61 Å². The zero-order valence-corrected chi connectivity index (χ0v) is 9.54. The van der Waals surface area contributed by atoms with Crippen molar-refractivity contribution in [1.82, 2.24) is 4.98 Å². The lowest BCUT2D eigenvalue weighted by Crippen LogP contribution is -2.35. The molecule has 0 atom stereocenters. The molecule has 1 rings (SSSR count). The first-order chi connectivity index (χ1) is 7.96. The molecule has 0 aliphatic rings. The second kappa shape index (κ2) is 5.86. The zero-order chi connectivity index (χ0) is 12.9. The predicted octanol–water partition coefficient (Wildman–Crippen LogP) is 2.35. The van der Waals surface area contributed by atoms with Gasteiger partial charge in [-0.2, -0.15) is 13.2 Å². The van der Waals surface area contributed by atoms with Crippen molar-refractivity contribution in [3.8, 4) is 0 Å². The third-order valence-electron chi connectivity index (χ3n) is 2.18. The van der Waals surface area contributed by atoms with Crippen LogP contribution in [0.5, 0.6) is 0 Å². The van der Waals surface area contributed by atoms with Crippen LogP contribution in [0.2, 0.25) is 0 Å². The van der Waals surface area contributed by atoms with Crippen molar-refractivity contribution in [2.24, 2.45) is 0 Å². The summed E-state index contributed by atoms with van der Waals surface area (Å²) in [5.41, 5.74) is 0.581. The molecule has 0 aliphatic heterocycles. The highest BCUT2D eigenvalue weighted by atomic mass is 19.4. The maximum absolute atomic E-state index is 12.4. The van der Waals surface area contributed by atoms with Crippen LogP contribution >= 0.6 is 0 Å². The van der Waals surface area contributed by atoms with Gasteiger partial charge in [-0.05, 0) is 18.1 Å². The van der Waals surface area contributed by atoms with Crippen molar-refractivity contribution in [2.45, 2.75) is 26.1 Å². The number of hydrogen-bond donors (Lipinski definition) is 1. The Morgan fingerprint density at radius 1 is 1.35 bits per heavy atom. The molecule has 0 saturated heterocycles. The lowest BCUT2D eigenvalue weighted by atomic mass is 10.3. The van der Waals surface area contributed by atoms with Gasteiger partial charge < -0.3 is 10.0 Å². The van der Waals surface area contributed by atoms with Crippen LogP contribution in [0.3, 0.4) is 0 Å². The average Bonchev–Trinajstić information content (AvgIpc) is 2.27. The maximum atomic E-state index is 12.4. The summed E-state index contributed by atoms with van der Waals surface area (Å²) in [5, 5.41) is 8.82. The Labute approximate surface area is 97.9 Å². The number of nitrogens with zero attached hydrogens (tertiary/aromatic N) is 2.